The van der Waals surface area contributed by atoms with E-state index in [1.165, 1.54) is 16.9 Å². The van der Waals surface area contributed by atoms with E-state index in [0.717, 1.165) is 38.0 Å². The predicted octanol–water partition coefficient (Wildman–Crippen LogP) is 3.34. The predicted molar refractivity (Wildman–Crippen MR) is 101 cm³/mol. The highest BCUT2D eigenvalue weighted by Crippen LogP contribution is 2.34. The van der Waals surface area contributed by atoms with Crippen molar-refractivity contribution in [3.05, 3.63) is 52.9 Å². The number of benzene rings is 1. The van der Waals surface area contributed by atoms with Crippen LogP contribution in [0.2, 0.25) is 0 Å². The third-order valence-electron chi connectivity index (χ3n) is 5.26. The maximum absolute atomic E-state index is 13.1. The van der Waals surface area contributed by atoms with Crippen molar-refractivity contribution in [1.82, 2.24) is 9.21 Å². The Kier molecular flexibility index (Phi) is 4.71. The summed E-state index contributed by atoms with van der Waals surface area (Å²) in [4.78, 5) is 2.44. The van der Waals surface area contributed by atoms with E-state index < -0.39 is 10.0 Å². The molecule has 1 aromatic heterocycles. The number of piperidine rings is 1. The average molecular weight is 377 g/mol. The van der Waals surface area contributed by atoms with E-state index in [1.54, 1.807) is 10.4 Å². The lowest BCUT2D eigenvalue weighted by molar-refractivity contribution is 0.226. The quantitative estimate of drug-likeness (QED) is 0.822. The maximum atomic E-state index is 13.1. The molecule has 0 unspecified atom stereocenters. The topological polar surface area (TPSA) is 40.6 Å². The van der Waals surface area contributed by atoms with Gasteiger partial charge in [0.2, 0.25) is 0 Å². The van der Waals surface area contributed by atoms with E-state index in [2.05, 4.69) is 29.2 Å². The SMILES string of the molecule is Cc1csc(S(=O)(=O)N2C[C@@H]3CC[C@H]2CN(Cc2ccccc2)C3)c1. The van der Waals surface area contributed by atoms with E-state index in [9.17, 15) is 8.42 Å². The number of fused-ring (bicyclic) bond motifs is 4. The van der Waals surface area contributed by atoms with Crippen molar-refractivity contribution in [2.75, 3.05) is 19.6 Å². The third kappa shape index (κ3) is 3.53. The zero-order valence-electron chi connectivity index (χ0n) is 14.5. The summed E-state index contributed by atoms with van der Waals surface area (Å²) in [5.41, 5.74) is 2.32. The van der Waals surface area contributed by atoms with Gasteiger partial charge in [0.05, 0.1) is 0 Å². The normalized spacial score (nSPS) is 25.2. The third-order valence-corrected chi connectivity index (χ3v) is 8.71. The molecule has 6 heteroatoms. The Labute approximate surface area is 154 Å². The number of thiophene rings is 1. The Morgan fingerprint density at radius 2 is 1.92 bits per heavy atom. The molecule has 0 aliphatic carbocycles. The number of sulfonamides is 1. The minimum absolute atomic E-state index is 0.0925. The summed E-state index contributed by atoms with van der Waals surface area (Å²) >= 11 is 1.34. The highest BCUT2D eigenvalue weighted by atomic mass is 32.2. The van der Waals surface area contributed by atoms with Gasteiger partial charge in [0.25, 0.3) is 10.0 Å². The summed E-state index contributed by atoms with van der Waals surface area (Å²) in [5, 5.41) is 1.92. The van der Waals surface area contributed by atoms with Gasteiger partial charge in [-0.05, 0) is 48.3 Å². The van der Waals surface area contributed by atoms with Crippen LogP contribution in [-0.4, -0.2) is 43.3 Å². The van der Waals surface area contributed by atoms with Crippen LogP contribution in [-0.2, 0) is 16.6 Å². The van der Waals surface area contributed by atoms with Gasteiger partial charge in [-0.3, -0.25) is 4.90 Å². The molecule has 3 fully saturated rings. The van der Waals surface area contributed by atoms with Crippen LogP contribution in [0.4, 0.5) is 0 Å². The monoisotopic (exact) mass is 376 g/mol. The van der Waals surface area contributed by atoms with Crippen LogP contribution in [0.1, 0.15) is 24.0 Å². The standard InChI is InChI=1S/C19H24N2O2S2/c1-15-9-19(24-14-15)25(22,23)21-12-17-7-8-18(21)13-20(11-17)10-16-5-3-2-4-6-16/h2-6,9,14,17-18H,7-8,10-13H2,1H3/t17-,18+/m1/s1. The summed E-state index contributed by atoms with van der Waals surface area (Å²) in [7, 11) is -3.37. The number of nitrogens with zero attached hydrogens (tertiary/aromatic N) is 2. The van der Waals surface area contributed by atoms with Crippen LogP contribution in [0, 0.1) is 12.8 Å². The fourth-order valence-electron chi connectivity index (χ4n) is 4.06. The van der Waals surface area contributed by atoms with Gasteiger partial charge in [0.1, 0.15) is 4.21 Å². The fraction of sp³-hybridized carbons (Fsp3) is 0.474. The first-order valence-corrected chi connectivity index (χ1v) is 11.2. The van der Waals surface area contributed by atoms with Crippen molar-refractivity contribution in [1.29, 1.82) is 0 Å². The molecule has 1 aromatic carbocycles. The van der Waals surface area contributed by atoms with Crippen LogP contribution < -0.4 is 0 Å². The Bertz CT molecular complexity index is 832. The molecule has 2 bridgehead atoms. The second-order valence-corrected chi connectivity index (χ2v) is 10.3. The van der Waals surface area contributed by atoms with Crippen LogP contribution in [0.15, 0.2) is 46.0 Å². The summed E-state index contributed by atoms with van der Waals surface area (Å²) < 4.78 is 28.5. The lowest BCUT2D eigenvalue weighted by Crippen LogP contribution is -2.47. The Morgan fingerprint density at radius 1 is 1.12 bits per heavy atom. The largest absolute Gasteiger partial charge is 0.297 e. The van der Waals surface area contributed by atoms with Gasteiger partial charge in [-0.15, -0.1) is 11.3 Å². The molecule has 3 aliphatic rings. The average Bonchev–Trinajstić information content (AvgIpc) is 2.86. The zero-order chi connectivity index (χ0) is 17.4. The minimum Gasteiger partial charge on any atom is -0.297 e. The van der Waals surface area contributed by atoms with Gasteiger partial charge >= 0.3 is 0 Å². The summed E-state index contributed by atoms with van der Waals surface area (Å²) in [6, 6.07) is 12.4. The van der Waals surface area contributed by atoms with Crippen molar-refractivity contribution >= 4 is 21.4 Å². The first-order chi connectivity index (χ1) is 12.0. The minimum atomic E-state index is -3.37. The molecule has 134 valence electrons. The molecule has 0 saturated carbocycles. The molecule has 25 heavy (non-hydrogen) atoms. The molecule has 3 aliphatic heterocycles. The molecule has 3 saturated heterocycles. The molecule has 5 rings (SSSR count). The molecular weight excluding hydrogens is 352 g/mol. The van der Waals surface area contributed by atoms with Crippen molar-refractivity contribution in [2.24, 2.45) is 5.92 Å². The number of rotatable bonds is 4. The Balaban J connectivity index is 1.55. The van der Waals surface area contributed by atoms with Crippen LogP contribution in [0.5, 0.6) is 0 Å². The summed E-state index contributed by atoms with van der Waals surface area (Å²) in [5.74, 6) is 0.429. The number of aryl methyl sites for hydroxylation is 1. The second kappa shape index (κ2) is 6.83. The smallest absolute Gasteiger partial charge is 0.252 e. The fourth-order valence-corrected chi connectivity index (χ4v) is 7.14. The van der Waals surface area contributed by atoms with Crippen molar-refractivity contribution < 1.29 is 8.42 Å². The highest BCUT2D eigenvalue weighted by Gasteiger charge is 2.41. The Morgan fingerprint density at radius 3 is 2.64 bits per heavy atom. The van der Waals surface area contributed by atoms with Crippen LogP contribution >= 0.6 is 11.3 Å². The Hall–Kier alpha value is -1.21. The van der Waals surface area contributed by atoms with E-state index in [1.807, 2.05) is 18.4 Å². The van der Waals surface area contributed by atoms with Gasteiger partial charge in [0.15, 0.2) is 0 Å². The van der Waals surface area contributed by atoms with Gasteiger partial charge in [-0.25, -0.2) is 8.42 Å². The van der Waals surface area contributed by atoms with E-state index in [-0.39, 0.29) is 6.04 Å². The van der Waals surface area contributed by atoms with Crippen molar-refractivity contribution in [2.45, 2.75) is 36.6 Å². The maximum Gasteiger partial charge on any atom is 0.252 e. The zero-order valence-corrected chi connectivity index (χ0v) is 16.1. The molecule has 4 heterocycles. The summed E-state index contributed by atoms with van der Waals surface area (Å²) in [6.07, 6.45) is 2.10. The van der Waals surface area contributed by atoms with E-state index in [4.69, 9.17) is 0 Å². The molecular formula is C19H24N2O2S2. The van der Waals surface area contributed by atoms with Gasteiger partial charge in [0, 0.05) is 32.2 Å². The highest BCUT2D eigenvalue weighted by molar-refractivity contribution is 7.91. The number of hydrogen-bond donors (Lipinski definition) is 0. The molecule has 0 amide bonds. The second-order valence-electron chi connectivity index (χ2n) is 7.29. The first-order valence-electron chi connectivity index (χ1n) is 8.85. The van der Waals surface area contributed by atoms with Crippen molar-refractivity contribution in [3.63, 3.8) is 0 Å². The van der Waals surface area contributed by atoms with Crippen molar-refractivity contribution in [3.8, 4) is 0 Å². The summed E-state index contributed by atoms with van der Waals surface area (Å²) in [6.45, 7) is 5.33. The van der Waals surface area contributed by atoms with E-state index >= 15 is 0 Å². The molecule has 0 N–H and O–H groups in total. The van der Waals surface area contributed by atoms with Gasteiger partial charge in [-0.2, -0.15) is 4.31 Å². The molecule has 0 radical (unpaired) electrons. The molecule has 4 nitrogen and oxygen atoms in total. The molecule has 2 atom stereocenters. The lowest BCUT2D eigenvalue weighted by Gasteiger charge is -2.34. The van der Waals surface area contributed by atoms with E-state index in [0.29, 0.717) is 16.7 Å². The van der Waals surface area contributed by atoms with Crippen LogP contribution in [0.25, 0.3) is 0 Å². The number of hydrogen-bond acceptors (Lipinski definition) is 4. The molecule has 2 aromatic rings. The van der Waals surface area contributed by atoms with Gasteiger partial charge < -0.3 is 0 Å². The van der Waals surface area contributed by atoms with Gasteiger partial charge in [-0.1, -0.05) is 30.3 Å². The molecule has 0 spiro atoms. The first kappa shape index (κ1) is 17.2. The van der Waals surface area contributed by atoms with Crippen LogP contribution in [0.3, 0.4) is 0 Å². The lowest BCUT2D eigenvalue weighted by atomic mass is 9.97.